The maximum atomic E-state index is 12.3. The molecule has 0 aliphatic heterocycles. The molecule has 0 fully saturated rings. The zero-order chi connectivity index (χ0) is 23.8. The van der Waals surface area contributed by atoms with Crippen LogP contribution in [0, 0.1) is 0 Å². The van der Waals surface area contributed by atoms with Crippen LogP contribution in [-0.2, 0) is 16.2 Å². The highest BCUT2D eigenvalue weighted by Gasteiger charge is 2.07. The quantitative estimate of drug-likeness (QED) is 0.257. The van der Waals surface area contributed by atoms with Crippen LogP contribution in [0.3, 0.4) is 0 Å². The fourth-order valence-electron chi connectivity index (χ4n) is 3.41. The number of hydrogen-bond donors (Lipinski definition) is 1. The second-order valence-electron chi connectivity index (χ2n) is 7.65. The maximum Gasteiger partial charge on any atom is 0.163 e. The van der Waals surface area contributed by atoms with Crippen LogP contribution in [0.4, 0.5) is 0 Å². The molecule has 6 nitrogen and oxygen atoms in total. The lowest BCUT2D eigenvalue weighted by molar-refractivity contribution is -0.121. The van der Waals surface area contributed by atoms with Gasteiger partial charge in [0.15, 0.2) is 11.6 Å². The van der Waals surface area contributed by atoms with Gasteiger partial charge in [-0.15, -0.1) is 0 Å². The summed E-state index contributed by atoms with van der Waals surface area (Å²) in [7, 11) is 1.55. The van der Waals surface area contributed by atoms with Crippen molar-refractivity contribution < 1.29 is 19.1 Å². The van der Waals surface area contributed by atoms with Gasteiger partial charge >= 0.3 is 0 Å². The van der Waals surface area contributed by atoms with Gasteiger partial charge in [-0.3, -0.25) is 14.6 Å². The molecule has 0 atom stereocenters. The molecule has 6 heteroatoms. The summed E-state index contributed by atoms with van der Waals surface area (Å²) in [4.78, 5) is 31.7. The number of hydrogen-bond acceptors (Lipinski definition) is 5. The second kappa shape index (κ2) is 10.9. The van der Waals surface area contributed by atoms with Gasteiger partial charge < -0.3 is 14.5 Å². The molecule has 0 unspecified atom stereocenters. The lowest BCUT2D eigenvalue weighted by Gasteiger charge is -2.10. The molecular weight excluding hydrogens is 428 g/mol. The summed E-state index contributed by atoms with van der Waals surface area (Å²) in [5.41, 5.74) is 3.61. The van der Waals surface area contributed by atoms with Crippen LogP contribution in [0.2, 0.25) is 0 Å². The number of H-pyrrole nitrogens is 1. The number of ketones is 2. The monoisotopic (exact) mass is 452 g/mol. The molecule has 0 saturated heterocycles. The molecule has 2 heterocycles. The molecule has 0 saturated carbocycles. The van der Waals surface area contributed by atoms with E-state index in [1.54, 1.807) is 49.9 Å². The minimum Gasteiger partial charge on any atom is -0.496 e. The van der Waals surface area contributed by atoms with E-state index in [2.05, 4.69) is 9.97 Å². The van der Waals surface area contributed by atoms with Gasteiger partial charge in [0, 0.05) is 41.3 Å². The van der Waals surface area contributed by atoms with E-state index >= 15 is 0 Å². The number of ether oxygens (including phenoxy) is 2. The van der Waals surface area contributed by atoms with E-state index in [0.29, 0.717) is 23.7 Å². The van der Waals surface area contributed by atoms with Crippen molar-refractivity contribution in [2.75, 3.05) is 7.11 Å². The van der Waals surface area contributed by atoms with Crippen LogP contribution in [0.25, 0.3) is 23.1 Å². The number of carbonyl (C=O) groups excluding carboxylic acids is 2. The maximum absolute atomic E-state index is 12.3. The van der Waals surface area contributed by atoms with Crippen molar-refractivity contribution in [3.05, 3.63) is 102 Å². The Balaban J connectivity index is 1.33. The molecule has 0 bridgehead atoms. The smallest absolute Gasteiger partial charge is 0.163 e. The van der Waals surface area contributed by atoms with Crippen molar-refractivity contribution in [2.24, 2.45) is 0 Å². The average molecular weight is 453 g/mol. The van der Waals surface area contributed by atoms with Crippen molar-refractivity contribution in [3.63, 3.8) is 0 Å². The van der Waals surface area contributed by atoms with Crippen molar-refractivity contribution in [1.82, 2.24) is 9.97 Å². The third-order valence-electron chi connectivity index (χ3n) is 5.17. The van der Waals surface area contributed by atoms with Crippen LogP contribution in [0.5, 0.6) is 11.5 Å². The zero-order valence-electron chi connectivity index (χ0n) is 18.7. The molecule has 0 amide bonds. The Morgan fingerprint density at radius 3 is 2.65 bits per heavy atom. The number of carbonyl (C=O) groups is 2. The Bertz CT molecular complexity index is 1350. The highest BCUT2D eigenvalue weighted by molar-refractivity contribution is 6.11. The highest BCUT2D eigenvalue weighted by atomic mass is 16.5. The number of nitrogens with one attached hydrogen (secondary N) is 1. The molecule has 0 spiro atoms. The van der Waals surface area contributed by atoms with E-state index in [1.165, 1.54) is 12.2 Å². The summed E-state index contributed by atoms with van der Waals surface area (Å²) in [6.45, 7) is 0.388. The number of methoxy groups -OCH3 is 1. The number of rotatable bonds is 10. The SMILES string of the molecule is COc1cc(OCc2cccnc2)ccc1/C=C/C(=O)CC(=O)/C=C/c1ccc2[nH]ccc2c1. The lowest BCUT2D eigenvalue weighted by Crippen LogP contribution is -2.02. The molecule has 4 aromatic rings. The Kier molecular flexibility index (Phi) is 7.30. The predicted molar refractivity (Wildman–Crippen MR) is 133 cm³/mol. The topological polar surface area (TPSA) is 81.3 Å². The van der Waals surface area contributed by atoms with Crippen molar-refractivity contribution in [1.29, 1.82) is 0 Å². The Labute approximate surface area is 197 Å². The molecule has 0 radical (unpaired) electrons. The molecule has 34 heavy (non-hydrogen) atoms. The van der Waals surface area contributed by atoms with Gasteiger partial charge in [0.1, 0.15) is 18.1 Å². The van der Waals surface area contributed by atoms with Gasteiger partial charge in [-0.25, -0.2) is 0 Å². The normalized spacial score (nSPS) is 11.3. The van der Waals surface area contributed by atoms with Gasteiger partial charge in [0.25, 0.3) is 0 Å². The standard InChI is InChI=1S/C28H24N2O4/c1-33-28-17-26(34-19-21-3-2-13-29-18-21)10-7-22(28)6-9-25(32)16-24(31)8-4-20-5-11-27-23(15-20)12-14-30-27/h2-15,17-18,30H,16,19H2,1H3/b8-4+,9-6+. The summed E-state index contributed by atoms with van der Waals surface area (Å²) in [6, 6.07) is 17.0. The first-order valence-corrected chi connectivity index (χ1v) is 10.8. The molecule has 1 N–H and O–H groups in total. The van der Waals surface area contributed by atoms with E-state index in [1.807, 2.05) is 42.6 Å². The van der Waals surface area contributed by atoms with Crippen LogP contribution >= 0.6 is 0 Å². The first kappa shape index (κ1) is 22.7. The Morgan fingerprint density at radius 1 is 1.00 bits per heavy atom. The van der Waals surface area contributed by atoms with E-state index in [-0.39, 0.29) is 18.0 Å². The number of allylic oxidation sites excluding steroid dienone is 2. The molecule has 0 aliphatic carbocycles. The van der Waals surface area contributed by atoms with E-state index in [9.17, 15) is 9.59 Å². The van der Waals surface area contributed by atoms with E-state index < -0.39 is 0 Å². The van der Waals surface area contributed by atoms with Crippen molar-refractivity contribution in [3.8, 4) is 11.5 Å². The summed E-state index contributed by atoms with van der Waals surface area (Å²) in [5.74, 6) is 0.672. The van der Waals surface area contributed by atoms with E-state index in [0.717, 1.165) is 22.0 Å². The number of aromatic nitrogens is 2. The van der Waals surface area contributed by atoms with Gasteiger partial charge in [0.2, 0.25) is 0 Å². The molecule has 170 valence electrons. The third-order valence-corrected chi connectivity index (χ3v) is 5.17. The van der Waals surface area contributed by atoms with Gasteiger partial charge in [-0.05, 0) is 65.6 Å². The molecular formula is C28H24N2O4. The number of pyridine rings is 1. The lowest BCUT2D eigenvalue weighted by atomic mass is 10.1. The highest BCUT2D eigenvalue weighted by Crippen LogP contribution is 2.26. The number of aromatic amines is 1. The van der Waals surface area contributed by atoms with Crippen molar-refractivity contribution >= 4 is 34.6 Å². The van der Waals surface area contributed by atoms with Gasteiger partial charge in [-0.1, -0.05) is 18.2 Å². The van der Waals surface area contributed by atoms with Crippen LogP contribution < -0.4 is 9.47 Å². The molecule has 4 rings (SSSR count). The number of benzene rings is 2. The van der Waals surface area contributed by atoms with Gasteiger partial charge in [0.05, 0.1) is 13.5 Å². The second-order valence-corrected chi connectivity index (χ2v) is 7.65. The summed E-state index contributed by atoms with van der Waals surface area (Å²) in [5, 5.41) is 1.07. The average Bonchev–Trinajstić information content (AvgIpc) is 3.34. The minimum absolute atomic E-state index is 0.200. The largest absolute Gasteiger partial charge is 0.496 e. The summed E-state index contributed by atoms with van der Waals surface area (Å²) >= 11 is 0. The van der Waals surface area contributed by atoms with Crippen LogP contribution in [0.15, 0.2) is 85.3 Å². The fourth-order valence-corrected chi connectivity index (χ4v) is 3.41. The molecule has 0 aliphatic rings. The van der Waals surface area contributed by atoms with Gasteiger partial charge in [-0.2, -0.15) is 0 Å². The Hall–Kier alpha value is -4.45. The predicted octanol–water partition coefficient (Wildman–Crippen LogP) is 5.41. The van der Waals surface area contributed by atoms with E-state index in [4.69, 9.17) is 9.47 Å². The van der Waals surface area contributed by atoms with Crippen LogP contribution in [0.1, 0.15) is 23.1 Å². The zero-order valence-corrected chi connectivity index (χ0v) is 18.7. The minimum atomic E-state index is -0.283. The third kappa shape index (κ3) is 6.07. The Morgan fingerprint density at radius 2 is 1.85 bits per heavy atom. The van der Waals surface area contributed by atoms with Crippen LogP contribution in [-0.4, -0.2) is 28.6 Å². The molecule has 2 aromatic heterocycles. The fraction of sp³-hybridized carbons (Fsp3) is 0.107. The summed E-state index contributed by atoms with van der Waals surface area (Å²) in [6.07, 6.45) is 11.3. The first-order valence-electron chi connectivity index (χ1n) is 10.8. The molecule has 2 aromatic carbocycles. The summed E-state index contributed by atoms with van der Waals surface area (Å²) < 4.78 is 11.2. The number of nitrogens with zero attached hydrogens (tertiary/aromatic N) is 1. The van der Waals surface area contributed by atoms with Crippen molar-refractivity contribution in [2.45, 2.75) is 13.0 Å². The number of fused-ring (bicyclic) bond motifs is 1. The first-order chi connectivity index (χ1) is 16.6.